The van der Waals surface area contributed by atoms with Crippen LogP contribution in [0.3, 0.4) is 0 Å². The quantitative estimate of drug-likeness (QED) is 0.732. The molecule has 0 aliphatic rings. The highest BCUT2D eigenvalue weighted by Crippen LogP contribution is 2.10. The Bertz CT molecular complexity index is 350. The molecule has 0 aliphatic heterocycles. The Kier molecular flexibility index (Phi) is 4.98. The lowest BCUT2D eigenvalue weighted by Gasteiger charge is -2.04. The van der Waals surface area contributed by atoms with Gasteiger partial charge in [0.05, 0.1) is 0 Å². The van der Waals surface area contributed by atoms with E-state index in [1.165, 1.54) is 6.20 Å². The van der Waals surface area contributed by atoms with Gasteiger partial charge in [0.15, 0.2) is 0 Å². The Balaban J connectivity index is 2.52. The highest BCUT2D eigenvalue weighted by Gasteiger charge is 1.97. The molecular formula is C13H16N2. The third kappa shape index (κ3) is 4.29. The summed E-state index contributed by atoms with van der Waals surface area (Å²) in [6.07, 6.45) is 10.9. The molecule has 0 bridgehead atoms. The number of rotatable bonds is 4. The second kappa shape index (κ2) is 6.62. The zero-order valence-electron chi connectivity index (χ0n) is 8.58. The van der Waals surface area contributed by atoms with Crippen LogP contribution in [0.2, 0.25) is 0 Å². The average Bonchev–Trinajstić information content (AvgIpc) is 2.30. The lowest BCUT2D eigenvalue weighted by Crippen LogP contribution is -2.06. The van der Waals surface area contributed by atoms with E-state index in [-0.39, 0.29) is 6.04 Å². The van der Waals surface area contributed by atoms with Crippen molar-refractivity contribution in [2.75, 3.05) is 0 Å². The molecule has 0 radical (unpaired) electrons. The first-order valence-electron chi connectivity index (χ1n) is 4.87. The Hall–Kier alpha value is -1.80. The minimum atomic E-state index is -0.0577. The molecule has 78 valence electrons. The molecule has 0 heterocycles. The lowest BCUT2D eigenvalue weighted by molar-refractivity contribution is 0.911. The van der Waals surface area contributed by atoms with Crippen LogP contribution < -0.4 is 11.5 Å². The normalized spacial score (nSPS) is 14.2. The Labute approximate surface area is 90.6 Å². The number of allylic oxidation sites excluding steroid dienone is 4. The van der Waals surface area contributed by atoms with Crippen LogP contribution in [0.15, 0.2) is 66.9 Å². The minimum absolute atomic E-state index is 0.0577. The van der Waals surface area contributed by atoms with E-state index in [0.717, 1.165) is 5.56 Å². The summed E-state index contributed by atoms with van der Waals surface area (Å²) >= 11 is 0. The summed E-state index contributed by atoms with van der Waals surface area (Å²) in [5.41, 5.74) is 12.2. The van der Waals surface area contributed by atoms with Crippen LogP contribution in [0.1, 0.15) is 11.6 Å². The molecule has 0 aliphatic carbocycles. The van der Waals surface area contributed by atoms with Gasteiger partial charge < -0.3 is 11.5 Å². The van der Waals surface area contributed by atoms with Gasteiger partial charge in [-0.1, -0.05) is 54.6 Å². The molecule has 1 atom stereocenters. The Morgan fingerprint density at radius 3 is 2.27 bits per heavy atom. The van der Waals surface area contributed by atoms with Gasteiger partial charge in [0, 0.05) is 6.04 Å². The van der Waals surface area contributed by atoms with Crippen LogP contribution in [0, 0.1) is 0 Å². The third-order valence-corrected chi connectivity index (χ3v) is 1.95. The Morgan fingerprint density at radius 1 is 0.933 bits per heavy atom. The van der Waals surface area contributed by atoms with E-state index >= 15 is 0 Å². The molecule has 1 rings (SSSR count). The van der Waals surface area contributed by atoms with E-state index in [9.17, 15) is 0 Å². The highest BCUT2D eigenvalue weighted by atomic mass is 14.6. The average molecular weight is 200 g/mol. The predicted octanol–water partition coefficient (Wildman–Crippen LogP) is 2.27. The van der Waals surface area contributed by atoms with Crippen molar-refractivity contribution in [3.63, 3.8) is 0 Å². The summed E-state index contributed by atoms with van der Waals surface area (Å²) in [5, 5.41) is 0. The van der Waals surface area contributed by atoms with Crippen LogP contribution in [0.5, 0.6) is 0 Å². The van der Waals surface area contributed by atoms with E-state index in [1.807, 2.05) is 54.6 Å². The van der Waals surface area contributed by atoms with Gasteiger partial charge in [-0.05, 0) is 17.8 Å². The molecule has 15 heavy (non-hydrogen) atoms. The van der Waals surface area contributed by atoms with Crippen LogP contribution in [0.4, 0.5) is 0 Å². The summed E-state index contributed by atoms with van der Waals surface area (Å²) in [5.74, 6) is 0. The molecule has 1 unspecified atom stereocenters. The summed E-state index contributed by atoms with van der Waals surface area (Å²) in [4.78, 5) is 0. The smallest absolute Gasteiger partial charge is 0.0484 e. The van der Waals surface area contributed by atoms with Crippen molar-refractivity contribution in [1.82, 2.24) is 0 Å². The van der Waals surface area contributed by atoms with Crippen molar-refractivity contribution >= 4 is 0 Å². The molecule has 0 fully saturated rings. The summed E-state index contributed by atoms with van der Waals surface area (Å²) in [7, 11) is 0. The fraction of sp³-hybridized carbons (Fsp3) is 0.0769. The lowest BCUT2D eigenvalue weighted by atomic mass is 10.1. The molecule has 2 heteroatoms. The summed E-state index contributed by atoms with van der Waals surface area (Å²) in [6.45, 7) is 0. The fourth-order valence-electron chi connectivity index (χ4n) is 1.16. The van der Waals surface area contributed by atoms with Gasteiger partial charge in [-0.2, -0.15) is 0 Å². The van der Waals surface area contributed by atoms with E-state index in [4.69, 9.17) is 11.5 Å². The minimum Gasteiger partial charge on any atom is -0.405 e. The van der Waals surface area contributed by atoms with Crippen LogP contribution in [-0.2, 0) is 0 Å². The first kappa shape index (κ1) is 11.3. The van der Waals surface area contributed by atoms with Gasteiger partial charge >= 0.3 is 0 Å². The number of nitrogens with two attached hydrogens (primary N) is 2. The molecule has 0 saturated heterocycles. The molecule has 0 amide bonds. The van der Waals surface area contributed by atoms with E-state index in [1.54, 1.807) is 6.08 Å². The van der Waals surface area contributed by atoms with Crippen molar-refractivity contribution in [2.45, 2.75) is 6.04 Å². The van der Waals surface area contributed by atoms with Crippen molar-refractivity contribution < 1.29 is 0 Å². The molecule has 0 saturated carbocycles. The van der Waals surface area contributed by atoms with Gasteiger partial charge in [0.1, 0.15) is 0 Å². The van der Waals surface area contributed by atoms with Crippen molar-refractivity contribution in [2.24, 2.45) is 11.5 Å². The monoisotopic (exact) mass is 200 g/mol. The number of hydrogen-bond donors (Lipinski definition) is 2. The second-order valence-electron chi connectivity index (χ2n) is 3.09. The molecule has 1 aromatic rings. The first-order valence-corrected chi connectivity index (χ1v) is 4.87. The van der Waals surface area contributed by atoms with Crippen molar-refractivity contribution in [1.29, 1.82) is 0 Å². The van der Waals surface area contributed by atoms with Gasteiger partial charge in [-0.25, -0.2) is 0 Å². The summed E-state index contributed by atoms with van der Waals surface area (Å²) < 4.78 is 0. The number of hydrogen-bond acceptors (Lipinski definition) is 2. The second-order valence-corrected chi connectivity index (χ2v) is 3.09. The standard InChI is InChI=1S/C13H16N2/c14-11-7-2-1-6-10-13(15)12-8-4-3-5-9-12/h1-11,13H,14-15H2/b2-1-,10-6+,11-7-. The maximum atomic E-state index is 5.95. The molecule has 2 nitrogen and oxygen atoms in total. The van der Waals surface area contributed by atoms with Gasteiger partial charge in [0.2, 0.25) is 0 Å². The van der Waals surface area contributed by atoms with E-state index < -0.39 is 0 Å². The number of benzene rings is 1. The maximum absolute atomic E-state index is 5.95. The van der Waals surface area contributed by atoms with Crippen molar-refractivity contribution in [3.8, 4) is 0 Å². The molecular weight excluding hydrogens is 184 g/mol. The van der Waals surface area contributed by atoms with E-state index in [0.29, 0.717) is 0 Å². The van der Waals surface area contributed by atoms with Crippen LogP contribution in [-0.4, -0.2) is 0 Å². The third-order valence-electron chi connectivity index (χ3n) is 1.95. The van der Waals surface area contributed by atoms with Gasteiger partial charge in [-0.15, -0.1) is 0 Å². The SMILES string of the molecule is N\C=C/C=C\C=C\C(N)c1ccccc1. The van der Waals surface area contributed by atoms with Crippen LogP contribution in [0.25, 0.3) is 0 Å². The summed E-state index contributed by atoms with van der Waals surface area (Å²) in [6, 6.07) is 9.91. The van der Waals surface area contributed by atoms with Crippen LogP contribution >= 0.6 is 0 Å². The predicted molar refractivity (Wildman–Crippen MR) is 65.0 cm³/mol. The molecule has 0 spiro atoms. The van der Waals surface area contributed by atoms with Gasteiger partial charge in [-0.3, -0.25) is 0 Å². The maximum Gasteiger partial charge on any atom is 0.0484 e. The Morgan fingerprint density at radius 2 is 1.60 bits per heavy atom. The van der Waals surface area contributed by atoms with Crippen molar-refractivity contribution in [3.05, 3.63) is 72.5 Å². The first-order chi connectivity index (χ1) is 7.34. The highest BCUT2D eigenvalue weighted by molar-refractivity contribution is 5.24. The molecule has 1 aromatic carbocycles. The van der Waals surface area contributed by atoms with Gasteiger partial charge in [0.25, 0.3) is 0 Å². The zero-order valence-corrected chi connectivity index (χ0v) is 8.58. The fourth-order valence-corrected chi connectivity index (χ4v) is 1.16. The topological polar surface area (TPSA) is 52.0 Å². The molecule has 0 aromatic heterocycles. The zero-order chi connectivity index (χ0) is 10.9. The molecule has 4 N–H and O–H groups in total. The van der Waals surface area contributed by atoms with E-state index in [2.05, 4.69) is 0 Å². The largest absolute Gasteiger partial charge is 0.405 e.